The summed E-state index contributed by atoms with van der Waals surface area (Å²) in [6.45, 7) is 0. The summed E-state index contributed by atoms with van der Waals surface area (Å²) in [6.07, 6.45) is 0. The highest BCUT2D eigenvalue weighted by molar-refractivity contribution is 8.75. The Bertz CT molecular complexity index is 648. The van der Waals surface area contributed by atoms with Crippen LogP contribution in [0.2, 0.25) is 0 Å². The van der Waals surface area contributed by atoms with Gasteiger partial charge in [0.15, 0.2) is 9.54 Å². The topological polar surface area (TPSA) is 107 Å². The van der Waals surface area contributed by atoms with Crippen LogP contribution in [0.25, 0.3) is 0 Å². The smallest absolute Gasteiger partial charge is 0.281 e. The molecule has 0 amide bonds. The molecular formula is C4H4N6O2S4. The van der Waals surface area contributed by atoms with E-state index >= 15 is 0 Å². The van der Waals surface area contributed by atoms with Crippen molar-refractivity contribution in [2.24, 2.45) is 0 Å². The van der Waals surface area contributed by atoms with Crippen LogP contribution in [0.15, 0.2) is 9.59 Å². The van der Waals surface area contributed by atoms with Crippen LogP contribution in [-0.4, -0.2) is 28.3 Å². The van der Waals surface area contributed by atoms with Crippen molar-refractivity contribution < 1.29 is 0 Å². The van der Waals surface area contributed by atoms with Gasteiger partial charge in [0.1, 0.15) is 0 Å². The van der Waals surface area contributed by atoms with Gasteiger partial charge in [-0.1, -0.05) is 0 Å². The Morgan fingerprint density at radius 2 is 1.25 bits per heavy atom. The van der Waals surface area contributed by atoms with Gasteiger partial charge in [0.05, 0.1) is 22.0 Å². The van der Waals surface area contributed by atoms with E-state index in [1.807, 2.05) is 0 Å². The molecule has 0 unspecified atom stereocenters. The van der Waals surface area contributed by atoms with Crippen LogP contribution in [0.4, 0.5) is 0 Å². The SMILES string of the molecule is O=c1[nH]c(=S)[nH]n1SSn1[nH]c(=S)[nH]c1=O. The van der Waals surface area contributed by atoms with Gasteiger partial charge in [0.2, 0.25) is 0 Å². The molecule has 0 radical (unpaired) electrons. The van der Waals surface area contributed by atoms with E-state index in [4.69, 9.17) is 24.4 Å². The molecule has 0 bridgehead atoms. The fraction of sp³-hybridized carbons (Fsp3) is 0. The second kappa shape index (κ2) is 4.48. The lowest BCUT2D eigenvalue weighted by molar-refractivity contribution is 0.961. The van der Waals surface area contributed by atoms with Crippen molar-refractivity contribution >= 4 is 46.4 Å². The molecule has 4 N–H and O–H groups in total. The molecule has 86 valence electrons. The van der Waals surface area contributed by atoms with Gasteiger partial charge in [0, 0.05) is 0 Å². The lowest BCUT2D eigenvalue weighted by atomic mass is 11.3. The lowest BCUT2D eigenvalue weighted by Gasteiger charge is -1.96. The van der Waals surface area contributed by atoms with E-state index in [1.165, 1.54) is 0 Å². The third kappa shape index (κ3) is 2.40. The Balaban J connectivity index is 2.20. The molecule has 0 saturated carbocycles. The number of aromatic nitrogens is 6. The van der Waals surface area contributed by atoms with Gasteiger partial charge in [0.25, 0.3) is 0 Å². The van der Waals surface area contributed by atoms with Crippen molar-refractivity contribution in [3.05, 3.63) is 30.5 Å². The zero-order valence-electron chi connectivity index (χ0n) is 7.34. The van der Waals surface area contributed by atoms with Gasteiger partial charge in [-0.2, -0.15) is 8.17 Å². The number of nitrogens with zero attached hydrogens (tertiary/aromatic N) is 2. The van der Waals surface area contributed by atoms with Crippen LogP contribution in [0.5, 0.6) is 0 Å². The first kappa shape index (κ1) is 11.5. The molecule has 0 aromatic carbocycles. The van der Waals surface area contributed by atoms with Gasteiger partial charge in [-0.05, 0) is 24.4 Å². The Morgan fingerprint density at radius 3 is 1.50 bits per heavy atom. The number of hydrogen-bond donors (Lipinski definition) is 4. The van der Waals surface area contributed by atoms with Crippen molar-refractivity contribution in [1.82, 2.24) is 28.3 Å². The Morgan fingerprint density at radius 1 is 0.875 bits per heavy atom. The molecule has 0 aliphatic carbocycles. The van der Waals surface area contributed by atoms with E-state index < -0.39 is 11.4 Å². The van der Waals surface area contributed by atoms with Gasteiger partial charge < -0.3 is 0 Å². The van der Waals surface area contributed by atoms with E-state index in [-0.39, 0.29) is 9.54 Å². The summed E-state index contributed by atoms with van der Waals surface area (Å²) in [4.78, 5) is 27.1. The van der Waals surface area contributed by atoms with Crippen LogP contribution >= 0.6 is 46.4 Å². The number of H-pyrrole nitrogens is 4. The molecule has 0 saturated heterocycles. The van der Waals surface area contributed by atoms with Gasteiger partial charge in [-0.3, -0.25) is 20.2 Å². The van der Waals surface area contributed by atoms with Crippen LogP contribution in [-0.2, 0) is 0 Å². The van der Waals surface area contributed by atoms with E-state index in [1.54, 1.807) is 0 Å². The quantitative estimate of drug-likeness (QED) is 0.482. The predicted octanol–water partition coefficient (Wildman–Crippen LogP) is 0.389. The van der Waals surface area contributed by atoms with Crippen molar-refractivity contribution in [1.29, 1.82) is 0 Å². The van der Waals surface area contributed by atoms with Gasteiger partial charge in [-0.25, -0.2) is 9.59 Å². The van der Waals surface area contributed by atoms with Crippen molar-refractivity contribution in [2.75, 3.05) is 0 Å². The second-order valence-corrected chi connectivity index (χ2v) is 5.22. The highest BCUT2D eigenvalue weighted by Gasteiger charge is 2.03. The standard InChI is InChI=1S/C4H4N6O2S4/c11-3-5-1(13)7-9(3)15-16-10-4(12)6-2(14)8-10/h(H2,5,7,11,13)(H2,6,8,12,14). The fourth-order valence-corrected chi connectivity index (χ4v) is 2.93. The number of nitrogens with one attached hydrogen (secondary N) is 4. The summed E-state index contributed by atoms with van der Waals surface area (Å²) in [7, 11) is 1.96. The van der Waals surface area contributed by atoms with Crippen molar-refractivity contribution in [3.8, 4) is 0 Å². The van der Waals surface area contributed by atoms with Crippen LogP contribution in [0, 0.1) is 9.54 Å². The van der Waals surface area contributed by atoms with E-state index in [2.05, 4.69) is 20.2 Å². The third-order valence-electron chi connectivity index (χ3n) is 1.40. The molecule has 2 aromatic rings. The van der Waals surface area contributed by atoms with Crippen LogP contribution in [0.1, 0.15) is 0 Å². The Labute approximate surface area is 105 Å². The average Bonchev–Trinajstić information content (AvgIpc) is 2.66. The number of hydrogen-bond acceptors (Lipinski definition) is 6. The van der Waals surface area contributed by atoms with Gasteiger partial charge >= 0.3 is 11.4 Å². The largest absolute Gasteiger partial charge is 0.353 e. The molecule has 12 heteroatoms. The van der Waals surface area contributed by atoms with Gasteiger partial charge in [-0.15, -0.1) is 0 Å². The molecule has 2 aromatic heterocycles. The van der Waals surface area contributed by atoms with E-state index in [9.17, 15) is 9.59 Å². The van der Waals surface area contributed by atoms with E-state index in [0.717, 1.165) is 30.1 Å². The minimum Gasteiger partial charge on any atom is -0.281 e. The van der Waals surface area contributed by atoms with Crippen molar-refractivity contribution in [3.63, 3.8) is 0 Å². The summed E-state index contributed by atoms with van der Waals surface area (Å²) in [6, 6.07) is 0. The zero-order chi connectivity index (χ0) is 11.7. The molecule has 0 fully saturated rings. The zero-order valence-corrected chi connectivity index (χ0v) is 10.6. The minimum absolute atomic E-state index is 0.215. The average molecular weight is 296 g/mol. The Hall–Kier alpha value is -0.980. The highest BCUT2D eigenvalue weighted by Crippen LogP contribution is 2.19. The first-order chi connectivity index (χ1) is 7.56. The highest BCUT2D eigenvalue weighted by atomic mass is 33.1. The summed E-state index contributed by atoms with van der Waals surface area (Å²) >= 11 is 9.45. The molecule has 2 heterocycles. The minimum atomic E-state index is -0.398. The summed E-state index contributed by atoms with van der Waals surface area (Å²) in [5.74, 6) is 0. The normalized spacial score (nSPS) is 10.8. The molecule has 0 aliphatic heterocycles. The molecular weight excluding hydrogens is 292 g/mol. The second-order valence-electron chi connectivity index (χ2n) is 2.48. The monoisotopic (exact) mass is 296 g/mol. The summed E-state index contributed by atoms with van der Waals surface area (Å²) in [5.41, 5.74) is -0.797. The molecule has 0 atom stereocenters. The summed E-state index contributed by atoms with van der Waals surface area (Å²) in [5, 5.41) is 5.16. The first-order valence-electron chi connectivity index (χ1n) is 3.74. The van der Waals surface area contributed by atoms with Crippen LogP contribution < -0.4 is 11.4 Å². The third-order valence-corrected chi connectivity index (χ3v) is 3.76. The maximum atomic E-state index is 11.2. The maximum absolute atomic E-state index is 11.2. The lowest BCUT2D eigenvalue weighted by Crippen LogP contribution is -2.14. The Kier molecular flexibility index (Phi) is 3.22. The summed E-state index contributed by atoms with van der Waals surface area (Å²) < 4.78 is 2.74. The molecule has 16 heavy (non-hydrogen) atoms. The van der Waals surface area contributed by atoms with Crippen molar-refractivity contribution in [2.45, 2.75) is 0 Å². The number of aromatic amines is 4. The number of rotatable bonds is 3. The fourth-order valence-electron chi connectivity index (χ4n) is 0.809. The van der Waals surface area contributed by atoms with E-state index in [0.29, 0.717) is 0 Å². The molecule has 8 nitrogen and oxygen atoms in total. The first-order valence-corrected chi connectivity index (χ1v) is 6.62. The molecule has 0 spiro atoms. The molecule has 0 aliphatic rings. The molecule has 2 rings (SSSR count). The predicted molar refractivity (Wildman–Crippen MR) is 66.5 cm³/mol. The maximum Gasteiger partial charge on any atom is 0.353 e. The van der Waals surface area contributed by atoms with Crippen LogP contribution in [0.3, 0.4) is 0 Å².